The smallest absolute Gasteiger partial charge is 0.124 e. The molecule has 2 nitrogen and oxygen atoms in total. The zero-order valence-corrected chi connectivity index (χ0v) is 13.5. The molecule has 0 fully saturated rings. The summed E-state index contributed by atoms with van der Waals surface area (Å²) in [5, 5.41) is 0. The molecule has 0 saturated heterocycles. The first-order valence-corrected chi connectivity index (χ1v) is 7.44. The zero-order chi connectivity index (χ0) is 14.7. The summed E-state index contributed by atoms with van der Waals surface area (Å²) >= 11 is 6.57. The first-order chi connectivity index (χ1) is 9.49. The number of hydrogen-bond acceptors (Lipinski definition) is 2. The van der Waals surface area contributed by atoms with Crippen molar-refractivity contribution >= 4 is 31.9 Å². The van der Waals surface area contributed by atoms with E-state index in [2.05, 4.69) is 37.3 Å². The second-order valence-corrected chi connectivity index (χ2v) is 6.14. The van der Waals surface area contributed by atoms with Crippen LogP contribution in [0.1, 0.15) is 17.2 Å². The zero-order valence-electron chi connectivity index (χ0n) is 10.3. The van der Waals surface area contributed by atoms with E-state index in [-0.39, 0.29) is 17.7 Å². The van der Waals surface area contributed by atoms with Crippen molar-refractivity contribution in [2.45, 2.75) is 12.5 Å². The average molecular weight is 406 g/mol. The molecule has 6 heteroatoms. The van der Waals surface area contributed by atoms with Gasteiger partial charge in [-0.15, -0.1) is 0 Å². The Balaban J connectivity index is 2.28. The summed E-state index contributed by atoms with van der Waals surface area (Å²) in [4.78, 5) is 0. The summed E-state index contributed by atoms with van der Waals surface area (Å²) in [6.45, 7) is 0. The van der Waals surface area contributed by atoms with E-state index in [9.17, 15) is 8.78 Å². The predicted molar refractivity (Wildman–Crippen MR) is 82.0 cm³/mol. The fraction of sp³-hybridized carbons (Fsp3) is 0.143. The quantitative estimate of drug-likeness (QED) is 0.589. The largest absolute Gasteiger partial charge is 0.271 e. The number of benzene rings is 2. The lowest BCUT2D eigenvalue weighted by Gasteiger charge is -2.18. The summed E-state index contributed by atoms with van der Waals surface area (Å²) in [6.07, 6.45) is 0.483. The van der Waals surface area contributed by atoms with E-state index in [1.54, 1.807) is 6.07 Å². The summed E-state index contributed by atoms with van der Waals surface area (Å²) in [6, 6.07) is 8.81. The lowest BCUT2D eigenvalue weighted by Crippen LogP contribution is -2.30. The maximum atomic E-state index is 13.4. The molecular weight excluding hydrogens is 394 g/mol. The first-order valence-electron chi connectivity index (χ1n) is 5.85. The normalized spacial score (nSPS) is 12.4. The number of hydrogen-bond donors (Lipinski definition) is 2. The molecule has 1 unspecified atom stereocenters. The van der Waals surface area contributed by atoms with Crippen LogP contribution in [0.4, 0.5) is 8.78 Å². The van der Waals surface area contributed by atoms with Gasteiger partial charge in [0.25, 0.3) is 0 Å². The minimum Gasteiger partial charge on any atom is -0.271 e. The molecule has 0 spiro atoms. The molecule has 0 aromatic heterocycles. The van der Waals surface area contributed by atoms with Crippen LogP contribution in [0.25, 0.3) is 0 Å². The molecule has 0 aliphatic heterocycles. The Morgan fingerprint density at radius 1 is 1.05 bits per heavy atom. The van der Waals surface area contributed by atoms with Gasteiger partial charge in [0.05, 0.1) is 6.04 Å². The number of rotatable bonds is 4. The van der Waals surface area contributed by atoms with E-state index >= 15 is 0 Å². The van der Waals surface area contributed by atoms with Gasteiger partial charge in [-0.3, -0.25) is 11.3 Å². The van der Waals surface area contributed by atoms with Crippen molar-refractivity contribution in [3.05, 3.63) is 68.1 Å². The van der Waals surface area contributed by atoms with Crippen molar-refractivity contribution in [3.8, 4) is 0 Å². The van der Waals surface area contributed by atoms with Crippen molar-refractivity contribution < 1.29 is 8.78 Å². The van der Waals surface area contributed by atoms with E-state index in [1.165, 1.54) is 24.3 Å². The molecule has 0 bridgehead atoms. The molecule has 0 radical (unpaired) electrons. The van der Waals surface area contributed by atoms with Crippen molar-refractivity contribution in [1.29, 1.82) is 0 Å². The highest BCUT2D eigenvalue weighted by atomic mass is 79.9. The van der Waals surface area contributed by atoms with Crippen LogP contribution in [-0.4, -0.2) is 0 Å². The standard InChI is InChI=1S/C14H12Br2F2N2/c15-9-3-8(4-11(18)6-9)5-14(20-19)12-2-1-10(17)7-13(12)16/h1-4,6-7,14,20H,5,19H2. The van der Waals surface area contributed by atoms with Gasteiger partial charge in [0.2, 0.25) is 0 Å². The van der Waals surface area contributed by atoms with Crippen LogP contribution in [0.3, 0.4) is 0 Å². The SMILES string of the molecule is NNC(Cc1cc(F)cc(Br)c1)c1ccc(F)cc1Br. The van der Waals surface area contributed by atoms with E-state index in [0.29, 0.717) is 15.4 Å². The third-order valence-electron chi connectivity index (χ3n) is 2.90. The highest BCUT2D eigenvalue weighted by Gasteiger charge is 2.15. The van der Waals surface area contributed by atoms with Crippen LogP contribution in [-0.2, 0) is 6.42 Å². The predicted octanol–water partition coefficient (Wildman–Crippen LogP) is 4.24. The maximum Gasteiger partial charge on any atom is 0.124 e. The van der Waals surface area contributed by atoms with Crippen LogP contribution < -0.4 is 11.3 Å². The topological polar surface area (TPSA) is 38.0 Å². The number of nitrogens with two attached hydrogens (primary N) is 1. The molecule has 0 amide bonds. The van der Waals surface area contributed by atoms with Gasteiger partial charge >= 0.3 is 0 Å². The van der Waals surface area contributed by atoms with Crippen molar-refractivity contribution in [3.63, 3.8) is 0 Å². The molecule has 0 saturated carbocycles. The molecule has 0 heterocycles. The van der Waals surface area contributed by atoms with Gasteiger partial charge in [-0.05, 0) is 47.9 Å². The third kappa shape index (κ3) is 3.85. The Hall–Kier alpha value is -0.820. The van der Waals surface area contributed by atoms with Crippen molar-refractivity contribution in [2.75, 3.05) is 0 Å². The summed E-state index contributed by atoms with van der Waals surface area (Å²) in [5.41, 5.74) is 4.28. The minimum absolute atomic E-state index is 0.251. The summed E-state index contributed by atoms with van der Waals surface area (Å²) < 4.78 is 27.8. The van der Waals surface area contributed by atoms with E-state index in [4.69, 9.17) is 5.84 Å². The van der Waals surface area contributed by atoms with Gasteiger partial charge in [-0.25, -0.2) is 8.78 Å². The Morgan fingerprint density at radius 3 is 2.40 bits per heavy atom. The summed E-state index contributed by atoms with van der Waals surface area (Å²) in [7, 11) is 0. The van der Waals surface area contributed by atoms with Crippen LogP contribution in [0.5, 0.6) is 0 Å². The van der Waals surface area contributed by atoms with Gasteiger partial charge in [0.15, 0.2) is 0 Å². The highest BCUT2D eigenvalue weighted by Crippen LogP contribution is 2.27. The lowest BCUT2D eigenvalue weighted by atomic mass is 9.99. The molecular formula is C14H12Br2F2N2. The van der Waals surface area contributed by atoms with Gasteiger partial charge in [0.1, 0.15) is 11.6 Å². The first kappa shape index (κ1) is 15.6. The van der Waals surface area contributed by atoms with Crippen LogP contribution in [0.15, 0.2) is 45.3 Å². The minimum atomic E-state index is -0.329. The molecule has 0 aliphatic carbocycles. The lowest BCUT2D eigenvalue weighted by molar-refractivity contribution is 0.544. The number of halogens is 4. The Morgan fingerprint density at radius 2 is 1.80 bits per heavy atom. The molecule has 20 heavy (non-hydrogen) atoms. The van der Waals surface area contributed by atoms with Gasteiger partial charge in [-0.2, -0.15) is 0 Å². The monoisotopic (exact) mass is 404 g/mol. The van der Waals surface area contributed by atoms with Gasteiger partial charge < -0.3 is 0 Å². The Bertz CT molecular complexity index is 600. The fourth-order valence-electron chi connectivity index (χ4n) is 2.01. The fourth-order valence-corrected chi connectivity index (χ4v) is 3.15. The van der Waals surface area contributed by atoms with Gasteiger partial charge in [0, 0.05) is 8.95 Å². The van der Waals surface area contributed by atoms with Crippen LogP contribution in [0, 0.1) is 11.6 Å². The third-order valence-corrected chi connectivity index (χ3v) is 4.05. The molecule has 3 N–H and O–H groups in total. The van der Waals surface area contributed by atoms with E-state index < -0.39 is 0 Å². The molecule has 1 atom stereocenters. The molecule has 106 valence electrons. The van der Waals surface area contributed by atoms with Gasteiger partial charge in [-0.1, -0.05) is 37.9 Å². The molecule has 0 aliphatic rings. The Kier molecular flexibility index (Phi) is 5.26. The molecule has 2 aromatic carbocycles. The maximum absolute atomic E-state index is 13.4. The second kappa shape index (κ2) is 6.76. The number of hydrazine groups is 1. The van der Waals surface area contributed by atoms with E-state index in [1.807, 2.05) is 6.07 Å². The molecule has 2 rings (SSSR count). The Labute approximate surface area is 132 Å². The van der Waals surface area contributed by atoms with Crippen molar-refractivity contribution in [2.24, 2.45) is 5.84 Å². The number of nitrogens with one attached hydrogen (secondary N) is 1. The van der Waals surface area contributed by atoms with Crippen molar-refractivity contribution in [1.82, 2.24) is 5.43 Å². The average Bonchev–Trinajstić information content (AvgIpc) is 2.35. The van der Waals surface area contributed by atoms with E-state index in [0.717, 1.165) is 11.1 Å². The molecule has 2 aromatic rings. The second-order valence-electron chi connectivity index (χ2n) is 4.37. The van der Waals surface area contributed by atoms with Crippen LogP contribution >= 0.6 is 31.9 Å². The highest BCUT2D eigenvalue weighted by molar-refractivity contribution is 9.10. The van der Waals surface area contributed by atoms with Crippen LogP contribution in [0.2, 0.25) is 0 Å². The summed E-state index contributed by atoms with van der Waals surface area (Å²) in [5.74, 6) is 4.92.